The molecule has 188 valence electrons. The fraction of sp³-hybridized carbons (Fsp3) is 0.269. The second kappa shape index (κ2) is 11.5. The van der Waals surface area contributed by atoms with E-state index in [2.05, 4.69) is 10.3 Å². The number of aromatic nitrogens is 1. The summed E-state index contributed by atoms with van der Waals surface area (Å²) in [5.41, 5.74) is 1.71. The van der Waals surface area contributed by atoms with Gasteiger partial charge in [0, 0.05) is 39.8 Å². The normalized spacial score (nSPS) is 13.9. The zero-order valence-corrected chi connectivity index (χ0v) is 21.6. The summed E-state index contributed by atoms with van der Waals surface area (Å²) in [7, 11) is 0. The number of carboxylic acids is 1. The molecule has 1 heterocycles. The van der Waals surface area contributed by atoms with E-state index < -0.39 is 17.7 Å². The highest BCUT2D eigenvalue weighted by molar-refractivity contribution is 7.14. The van der Waals surface area contributed by atoms with Gasteiger partial charge in [-0.3, -0.25) is 10.1 Å². The van der Waals surface area contributed by atoms with Crippen molar-refractivity contribution in [2.45, 2.75) is 32.8 Å². The summed E-state index contributed by atoms with van der Waals surface area (Å²) in [6.45, 7) is 2.25. The number of hydrogen-bond acceptors (Lipinski definition) is 5. The van der Waals surface area contributed by atoms with Crippen molar-refractivity contribution in [1.82, 2.24) is 4.98 Å². The lowest BCUT2D eigenvalue weighted by Gasteiger charge is -2.24. The first-order valence-corrected chi connectivity index (χ1v) is 12.9. The minimum atomic E-state index is -1.10. The molecule has 0 saturated heterocycles. The molecule has 0 aliphatic heterocycles. The smallest absolute Gasteiger partial charge is 0.331 e. The molecule has 1 aliphatic carbocycles. The van der Waals surface area contributed by atoms with Crippen LogP contribution in [0.5, 0.6) is 0 Å². The second-order valence-corrected chi connectivity index (χ2v) is 10.2. The zero-order chi connectivity index (χ0) is 25.8. The average molecular weight is 549 g/mol. The number of amides is 1. The number of carbonyl (C=O) groups excluding carboxylic acids is 1. The number of aliphatic carboxylic acids is 1. The highest BCUT2D eigenvalue weighted by Crippen LogP contribution is 2.32. The topological polar surface area (TPSA) is 88.5 Å². The van der Waals surface area contributed by atoms with Crippen LogP contribution >= 0.6 is 34.5 Å². The van der Waals surface area contributed by atoms with E-state index in [-0.39, 0.29) is 32.9 Å². The van der Waals surface area contributed by atoms with Crippen LogP contribution in [0, 0.1) is 11.7 Å². The molecule has 1 fully saturated rings. The molecule has 6 nitrogen and oxygen atoms in total. The van der Waals surface area contributed by atoms with E-state index in [1.54, 1.807) is 23.6 Å². The molecule has 3 aromatic rings. The zero-order valence-electron chi connectivity index (χ0n) is 19.3. The molecule has 1 aliphatic rings. The standard InChI is InChI=1S/C26H23Cl2FN2O4S/c1-14(25(33)34)8-19-20(27)9-17(10-21(19)28)24(32)31-26-30-22(13-36-26)18-7-3-6-16(23(18)29)12-35-11-15-4-2-5-15/h3,6-10,13,15H,2,4-5,11-12H2,1H3,(H,33,34)(H,30,31,32)/b14-8+. The number of nitrogens with one attached hydrogen (secondary N) is 1. The number of hydrogen-bond donors (Lipinski definition) is 2. The third-order valence-electron chi connectivity index (χ3n) is 5.95. The number of anilines is 1. The Balaban J connectivity index is 1.46. The Hall–Kier alpha value is -2.78. The van der Waals surface area contributed by atoms with Crippen molar-refractivity contribution in [1.29, 1.82) is 0 Å². The maximum atomic E-state index is 15.1. The maximum absolute atomic E-state index is 15.1. The van der Waals surface area contributed by atoms with Gasteiger partial charge >= 0.3 is 5.97 Å². The molecule has 36 heavy (non-hydrogen) atoms. The van der Waals surface area contributed by atoms with Crippen molar-refractivity contribution < 1.29 is 23.8 Å². The number of rotatable bonds is 9. The second-order valence-electron chi connectivity index (χ2n) is 8.57. The van der Waals surface area contributed by atoms with E-state index in [0.29, 0.717) is 34.9 Å². The minimum absolute atomic E-state index is 0.0487. The summed E-state index contributed by atoms with van der Waals surface area (Å²) in [5.74, 6) is -1.43. The fourth-order valence-electron chi connectivity index (χ4n) is 3.64. The molecule has 0 bridgehead atoms. The summed E-state index contributed by atoms with van der Waals surface area (Å²) in [4.78, 5) is 28.2. The molecule has 0 spiro atoms. The third-order valence-corrected chi connectivity index (χ3v) is 7.34. The fourth-order valence-corrected chi connectivity index (χ4v) is 4.94. The molecule has 1 saturated carbocycles. The van der Waals surface area contributed by atoms with E-state index in [0.717, 1.165) is 11.3 Å². The van der Waals surface area contributed by atoms with Gasteiger partial charge in [-0.1, -0.05) is 41.8 Å². The summed E-state index contributed by atoms with van der Waals surface area (Å²) >= 11 is 13.6. The van der Waals surface area contributed by atoms with E-state index in [4.69, 9.17) is 33.0 Å². The van der Waals surface area contributed by atoms with Crippen LogP contribution in [-0.4, -0.2) is 28.6 Å². The summed E-state index contributed by atoms with van der Waals surface area (Å²) in [6.07, 6.45) is 4.90. The number of ether oxygens (including phenoxy) is 1. The van der Waals surface area contributed by atoms with Crippen LogP contribution < -0.4 is 5.32 Å². The molecule has 10 heteroatoms. The van der Waals surface area contributed by atoms with Gasteiger partial charge in [-0.2, -0.15) is 0 Å². The molecule has 0 unspecified atom stereocenters. The largest absolute Gasteiger partial charge is 0.478 e. The quantitative estimate of drug-likeness (QED) is 0.273. The van der Waals surface area contributed by atoms with E-state index in [9.17, 15) is 9.59 Å². The van der Waals surface area contributed by atoms with E-state index >= 15 is 4.39 Å². The Labute approximate surface area is 221 Å². The number of carboxylic acid groups (broad SMARTS) is 1. The monoisotopic (exact) mass is 548 g/mol. The SMILES string of the molecule is C/C(=C\c1c(Cl)cc(C(=O)Nc2nc(-c3cccc(COCC4CCC4)c3F)cs2)cc1Cl)C(=O)O. The van der Waals surface area contributed by atoms with Crippen molar-refractivity contribution in [3.05, 3.63) is 73.8 Å². The van der Waals surface area contributed by atoms with Gasteiger partial charge in [0.1, 0.15) is 5.82 Å². The van der Waals surface area contributed by atoms with Crippen molar-refractivity contribution in [3.63, 3.8) is 0 Å². The number of nitrogens with zero attached hydrogens (tertiary/aromatic N) is 1. The maximum Gasteiger partial charge on any atom is 0.331 e. The Morgan fingerprint density at radius 1 is 1.28 bits per heavy atom. The Kier molecular flexibility index (Phi) is 8.41. The van der Waals surface area contributed by atoms with Gasteiger partial charge in [0.25, 0.3) is 5.91 Å². The predicted molar refractivity (Wildman–Crippen MR) is 140 cm³/mol. The van der Waals surface area contributed by atoms with Crippen LogP contribution in [0.15, 0.2) is 41.3 Å². The van der Waals surface area contributed by atoms with Crippen LogP contribution in [0.1, 0.15) is 47.7 Å². The molecule has 2 aromatic carbocycles. The molecular weight excluding hydrogens is 526 g/mol. The number of thiazole rings is 1. The summed E-state index contributed by atoms with van der Waals surface area (Å²) in [6, 6.07) is 7.87. The molecule has 1 aromatic heterocycles. The van der Waals surface area contributed by atoms with Crippen LogP contribution in [0.4, 0.5) is 9.52 Å². The number of halogens is 3. The summed E-state index contributed by atoms with van der Waals surface area (Å²) in [5, 5.41) is 13.9. The first-order chi connectivity index (χ1) is 17.2. The Morgan fingerprint density at radius 3 is 2.64 bits per heavy atom. The predicted octanol–water partition coefficient (Wildman–Crippen LogP) is 7.31. The highest BCUT2D eigenvalue weighted by atomic mass is 35.5. The Bertz CT molecular complexity index is 1310. The lowest BCUT2D eigenvalue weighted by Crippen LogP contribution is -2.17. The van der Waals surface area contributed by atoms with Gasteiger partial charge in [-0.15, -0.1) is 11.3 Å². The average Bonchev–Trinajstić information content (AvgIpc) is 3.26. The Morgan fingerprint density at radius 2 is 2.00 bits per heavy atom. The third kappa shape index (κ3) is 6.13. The van der Waals surface area contributed by atoms with Gasteiger partial charge < -0.3 is 9.84 Å². The van der Waals surface area contributed by atoms with Crippen molar-refractivity contribution in [2.75, 3.05) is 11.9 Å². The molecule has 1 amide bonds. The van der Waals surface area contributed by atoms with E-state index in [1.807, 2.05) is 0 Å². The highest BCUT2D eigenvalue weighted by Gasteiger charge is 2.19. The van der Waals surface area contributed by atoms with Gasteiger partial charge in [-0.25, -0.2) is 14.2 Å². The van der Waals surface area contributed by atoms with Gasteiger partial charge in [-0.05, 0) is 50.0 Å². The lowest BCUT2D eigenvalue weighted by molar-refractivity contribution is -0.132. The molecular formula is C26H23Cl2FN2O4S. The number of benzene rings is 2. The van der Waals surface area contributed by atoms with E-state index in [1.165, 1.54) is 44.4 Å². The molecule has 0 atom stereocenters. The van der Waals surface area contributed by atoms with Crippen LogP contribution in [-0.2, 0) is 16.1 Å². The number of carbonyl (C=O) groups is 2. The first-order valence-electron chi connectivity index (χ1n) is 11.3. The van der Waals surface area contributed by atoms with Crippen molar-refractivity contribution >= 4 is 57.6 Å². The molecule has 2 N–H and O–H groups in total. The van der Waals surface area contributed by atoms with Crippen molar-refractivity contribution in [3.8, 4) is 11.3 Å². The van der Waals surface area contributed by atoms with Gasteiger partial charge in [0.05, 0.1) is 22.3 Å². The first kappa shape index (κ1) is 26.3. The van der Waals surface area contributed by atoms with Crippen LogP contribution in [0.2, 0.25) is 10.0 Å². The molecule has 4 rings (SSSR count). The van der Waals surface area contributed by atoms with Crippen LogP contribution in [0.25, 0.3) is 17.3 Å². The lowest BCUT2D eigenvalue weighted by atomic mass is 9.86. The van der Waals surface area contributed by atoms with Gasteiger partial charge in [0.15, 0.2) is 5.13 Å². The van der Waals surface area contributed by atoms with Crippen molar-refractivity contribution in [2.24, 2.45) is 5.92 Å². The minimum Gasteiger partial charge on any atom is -0.478 e. The molecule has 0 radical (unpaired) electrons. The van der Waals surface area contributed by atoms with Crippen LogP contribution in [0.3, 0.4) is 0 Å². The summed E-state index contributed by atoms with van der Waals surface area (Å²) < 4.78 is 20.8. The van der Waals surface area contributed by atoms with Gasteiger partial charge in [0.2, 0.25) is 0 Å².